The number of nitrogens with one attached hydrogen (secondary N) is 1. The average molecular weight is 206 g/mol. The molecule has 1 aromatic rings. The molecule has 2 heteroatoms. The molecule has 1 aromatic carbocycles. The van der Waals surface area contributed by atoms with Crippen LogP contribution < -0.4 is 11.1 Å². The molecule has 0 amide bonds. The van der Waals surface area contributed by atoms with E-state index in [0.29, 0.717) is 6.04 Å². The van der Waals surface area contributed by atoms with Crippen LogP contribution >= 0.6 is 0 Å². The van der Waals surface area contributed by atoms with E-state index in [1.807, 2.05) is 0 Å². The molecule has 15 heavy (non-hydrogen) atoms. The predicted molar refractivity (Wildman–Crippen MR) is 65.9 cm³/mol. The maximum atomic E-state index is 5.83. The second-order valence-electron chi connectivity index (χ2n) is 3.94. The lowest BCUT2D eigenvalue weighted by atomic mass is 10.1. The van der Waals surface area contributed by atoms with Crippen molar-refractivity contribution in [1.29, 1.82) is 0 Å². The van der Waals surface area contributed by atoms with Crippen molar-refractivity contribution in [3.63, 3.8) is 0 Å². The molecular formula is C13H22N2. The Morgan fingerprint density at radius 2 is 1.93 bits per heavy atom. The van der Waals surface area contributed by atoms with Gasteiger partial charge in [0.25, 0.3) is 0 Å². The highest BCUT2D eigenvalue weighted by Crippen LogP contribution is 1.98. The summed E-state index contributed by atoms with van der Waals surface area (Å²) in [6.45, 7) is 4.21. The van der Waals surface area contributed by atoms with E-state index in [9.17, 15) is 0 Å². The molecule has 0 aliphatic heterocycles. The van der Waals surface area contributed by atoms with E-state index < -0.39 is 0 Å². The Morgan fingerprint density at radius 3 is 2.60 bits per heavy atom. The average Bonchev–Trinajstić information content (AvgIpc) is 2.29. The molecule has 0 saturated heterocycles. The van der Waals surface area contributed by atoms with E-state index in [2.05, 4.69) is 42.6 Å². The second-order valence-corrected chi connectivity index (χ2v) is 3.94. The molecular weight excluding hydrogens is 184 g/mol. The number of hydrogen-bond acceptors (Lipinski definition) is 2. The fraction of sp³-hybridized carbons (Fsp3) is 0.538. The van der Waals surface area contributed by atoms with E-state index in [1.165, 1.54) is 5.56 Å². The highest BCUT2D eigenvalue weighted by molar-refractivity contribution is 5.14. The van der Waals surface area contributed by atoms with Crippen LogP contribution in [0.4, 0.5) is 0 Å². The lowest BCUT2D eigenvalue weighted by Crippen LogP contribution is -2.27. The minimum Gasteiger partial charge on any atom is -0.328 e. The number of nitrogens with two attached hydrogens (primary N) is 1. The van der Waals surface area contributed by atoms with E-state index in [4.69, 9.17) is 5.73 Å². The van der Waals surface area contributed by atoms with E-state index in [0.717, 1.165) is 32.4 Å². The zero-order valence-electron chi connectivity index (χ0n) is 9.58. The van der Waals surface area contributed by atoms with Gasteiger partial charge in [-0.2, -0.15) is 0 Å². The van der Waals surface area contributed by atoms with Gasteiger partial charge < -0.3 is 11.1 Å². The summed E-state index contributed by atoms with van der Waals surface area (Å²) in [4.78, 5) is 0. The molecule has 0 saturated carbocycles. The van der Waals surface area contributed by atoms with Gasteiger partial charge in [-0.05, 0) is 37.9 Å². The van der Waals surface area contributed by atoms with Gasteiger partial charge in [0.2, 0.25) is 0 Å². The summed E-state index contributed by atoms with van der Waals surface area (Å²) in [6, 6.07) is 10.9. The number of hydrogen-bond donors (Lipinski definition) is 2. The van der Waals surface area contributed by atoms with Crippen LogP contribution in [0.1, 0.15) is 25.3 Å². The highest BCUT2D eigenvalue weighted by Gasteiger charge is 1.97. The third-order valence-electron chi connectivity index (χ3n) is 2.65. The molecule has 1 atom stereocenters. The maximum absolute atomic E-state index is 5.83. The quantitative estimate of drug-likeness (QED) is 0.669. The van der Waals surface area contributed by atoms with Crippen molar-refractivity contribution in [2.45, 2.75) is 32.2 Å². The van der Waals surface area contributed by atoms with Crippen LogP contribution in [0.2, 0.25) is 0 Å². The Balaban J connectivity index is 2.03. The van der Waals surface area contributed by atoms with Crippen LogP contribution in [0.3, 0.4) is 0 Å². The van der Waals surface area contributed by atoms with Crippen molar-refractivity contribution in [1.82, 2.24) is 5.32 Å². The van der Waals surface area contributed by atoms with Gasteiger partial charge >= 0.3 is 0 Å². The normalized spacial score (nSPS) is 12.7. The summed E-state index contributed by atoms with van der Waals surface area (Å²) in [5.41, 5.74) is 7.22. The van der Waals surface area contributed by atoms with Crippen LogP contribution in [0.5, 0.6) is 0 Å². The molecule has 0 bridgehead atoms. The molecule has 0 aliphatic carbocycles. The summed E-state index contributed by atoms with van der Waals surface area (Å²) >= 11 is 0. The molecule has 3 N–H and O–H groups in total. The molecule has 0 fully saturated rings. The smallest absolute Gasteiger partial charge is 0.00482 e. The van der Waals surface area contributed by atoms with Crippen molar-refractivity contribution in [2.75, 3.05) is 13.1 Å². The molecule has 0 aliphatic rings. The Labute approximate surface area is 92.9 Å². The van der Waals surface area contributed by atoms with Gasteiger partial charge in [0.1, 0.15) is 0 Å². The first-order chi connectivity index (χ1) is 7.33. The summed E-state index contributed by atoms with van der Waals surface area (Å²) in [5, 5.41) is 3.42. The van der Waals surface area contributed by atoms with Crippen molar-refractivity contribution in [2.24, 2.45) is 5.73 Å². The topological polar surface area (TPSA) is 38.0 Å². The summed E-state index contributed by atoms with van der Waals surface area (Å²) in [7, 11) is 0. The fourth-order valence-electron chi connectivity index (χ4n) is 1.49. The monoisotopic (exact) mass is 206 g/mol. The molecule has 1 unspecified atom stereocenters. The Bertz CT molecular complexity index is 246. The SMILES string of the molecule is CCC(N)CCNCCc1ccccc1. The van der Waals surface area contributed by atoms with Gasteiger partial charge in [-0.25, -0.2) is 0 Å². The largest absolute Gasteiger partial charge is 0.328 e. The molecule has 0 heterocycles. The summed E-state index contributed by atoms with van der Waals surface area (Å²) in [6.07, 6.45) is 3.24. The first kappa shape index (κ1) is 12.2. The number of benzene rings is 1. The Morgan fingerprint density at radius 1 is 1.20 bits per heavy atom. The first-order valence-corrected chi connectivity index (χ1v) is 5.83. The Kier molecular flexibility index (Phi) is 6.05. The Hall–Kier alpha value is -0.860. The van der Waals surface area contributed by atoms with Crippen molar-refractivity contribution < 1.29 is 0 Å². The third-order valence-corrected chi connectivity index (χ3v) is 2.65. The third kappa shape index (κ3) is 5.55. The standard InChI is InChI=1S/C13H22N2/c1-2-13(14)9-11-15-10-8-12-6-4-3-5-7-12/h3-7,13,15H,2,8-11,14H2,1H3. The van der Waals surface area contributed by atoms with Crippen LogP contribution in [0.15, 0.2) is 30.3 Å². The van der Waals surface area contributed by atoms with Gasteiger partial charge in [-0.3, -0.25) is 0 Å². The van der Waals surface area contributed by atoms with E-state index in [-0.39, 0.29) is 0 Å². The zero-order chi connectivity index (χ0) is 10.9. The maximum Gasteiger partial charge on any atom is 0.00482 e. The van der Waals surface area contributed by atoms with Crippen LogP contribution in [-0.4, -0.2) is 19.1 Å². The molecule has 0 aromatic heterocycles. The van der Waals surface area contributed by atoms with Crippen molar-refractivity contribution in [3.8, 4) is 0 Å². The van der Waals surface area contributed by atoms with Gasteiger partial charge in [0, 0.05) is 6.04 Å². The fourth-order valence-corrected chi connectivity index (χ4v) is 1.49. The second kappa shape index (κ2) is 7.43. The first-order valence-electron chi connectivity index (χ1n) is 5.83. The summed E-state index contributed by atoms with van der Waals surface area (Å²) < 4.78 is 0. The van der Waals surface area contributed by atoms with Gasteiger partial charge in [-0.15, -0.1) is 0 Å². The molecule has 0 spiro atoms. The van der Waals surface area contributed by atoms with Gasteiger partial charge in [0.15, 0.2) is 0 Å². The molecule has 0 radical (unpaired) electrons. The predicted octanol–water partition coefficient (Wildman–Crippen LogP) is 1.95. The summed E-state index contributed by atoms with van der Waals surface area (Å²) in [5.74, 6) is 0. The van der Waals surface area contributed by atoms with Crippen LogP contribution in [0, 0.1) is 0 Å². The van der Waals surface area contributed by atoms with E-state index in [1.54, 1.807) is 0 Å². The van der Waals surface area contributed by atoms with E-state index >= 15 is 0 Å². The number of rotatable bonds is 7. The highest BCUT2D eigenvalue weighted by atomic mass is 14.8. The minimum atomic E-state index is 0.356. The zero-order valence-corrected chi connectivity index (χ0v) is 9.58. The molecule has 2 nitrogen and oxygen atoms in total. The van der Waals surface area contributed by atoms with Crippen LogP contribution in [0.25, 0.3) is 0 Å². The van der Waals surface area contributed by atoms with Crippen molar-refractivity contribution >= 4 is 0 Å². The lowest BCUT2D eigenvalue weighted by Gasteiger charge is -2.09. The lowest BCUT2D eigenvalue weighted by molar-refractivity contribution is 0.551. The van der Waals surface area contributed by atoms with Gasteiger partial charge in [0.05, 0.1) is 0 Å². The van der Waals surface area contributed by atoms with Crippen LogP contribution in [-0.2, 0) is 6.42 Å². The van der Waals surface area contributed by atoms with Gasteiger partial charge in [-0.1, -0.05) is 37.3 Å². The molecule has 84 valence electrons. The van der Waals surface area contributed by atoms with Crippen molar-refractivity contribution in [3.05, 3.63) is 35.9 Å². The molecule has 1 rings (SSSR count). The minimum absolute atomic E-state index is 0.356.